The molecular weight excluding hydrogens is 270 g/mol. The van der Waals surface area contributed by atoms with Crippen LogP contribution in [0, 0.1) is 0 Å². The maximum Gasteiger partial charge on any atom is 0.387 e. The quantitative estimate of drug-likeness (QED) is 0.614. The van der Waals surface area contributed by atoms with Gasteiger partial charge >= 0.3 is 12.6 Å². The zero-order valence-corrected chi connectivity index (χ0v) is 10.0. The molecule has 0 radical (unpaired) electrons. The molecule has 0 saturated carbocycles. The average Bonchev–Trinajstić information content (AvgIpc) is 2.28. The van der Waals surface area contributed by atoms with E-state index in [2.05, 4.69) is 9.47 Å². The molecule has 0 aliphatic heterocycles. The lowest BCUT2D eigenvalue weighted by Gasteiger charge is -2.11. The van der Waals surface area contributed by atoms with E-state index in [0.717, 1.165) is 12.1 Å². The minimum atomic E-state index is -3.11. The van der Waals surface area contributed by atoms with Crippen molar-refractivity contribution in [3.8, 4) is 5.75 Å². The second kappa shape index (κ2) is 6.30. The highest BCUT2D eigenvalue weighted by atomic mass is 35.5. The summed E-state index contributed by atoms with van der Waals surface area (Å²) in [5.74, 6) is -1.30. The van der Waals surface area contributed by atoms with Gasteiger partial charge in [0.05, 0.1) is 11.6 Å². The first-order chi connectivity index (χ1) is 8.49. The number of benzene rings is 1. The van der Waals surface area contributed by atoms with Crippen molar-refractivity contribution in [2.75, 3.05) is 6.61 Å². The number of hydrogen-bond acceptors (Lipinski definition) is 4. The van der Waals surface area contributed by atoms with E-state index >= 15 is 0 Å². The fourth-order valence-corrected chi connectivity index (χ4v) is 1.42. The van der Waals surface area contributed by atoms with E-state index in [0.29, 0.717) is 6.29 Å². The van der Waals surface area contributed by atoms with Gasteiger partial charge in [-0.15, -0.1) is 0 Å². The van der Waals surface area contributed by atoms with Crippen LogP contribution in [0.3, 0.4) is 0 Å². The SMILES string of the molecule is CCOC(=O)c1cc(C=O)c(Cl)cc1OC(F)F. The Morgan fingerprint density at radius 2 is 2.17 bits per heavy atom. The van der Waals surface area contributed by atoms with Crippen molar-refractivity contribution >= 4 is 23.9 Å². The average molecular weight is 279 g/mol. The van der Waals surface area contributed by atoms with Crippen LogP contribution in [0.2, 0.25) is 5.02 Å². The van der Waals surface area contributed by atoms with Crippen molar-refractivity contribution in [1.29, 1.82) is 0 Å². The number of carbonyl (C=O) groups excluding carboxylic acids is 2. The maximum absolute atomic E-state index is 12.2. The Kier molecular flexibility index (Phi) is 5.03. The first-order valence-corrected chi connectivity index (χ1v) is 5.28. The molecule has 0 heterocycles. The van der Waals surface area contributed by atoms with Gasteiger partial charge in [-0.25, -0.2) is 4.79 Å². The van der Waals surface area contributed by atoms with E-state index in [9.17, 15) is 18.4 Å². The zero-order valence-electron chi connectivity index (χ0n) is 9.28. The Hall–Kier alpha value is -1.69. The number of alkyl halides is 2. The first-order valence-electron chi connectivity index (χ1n) is 4.90. The zero-order chi connectivity index (χ0) is 13.7. The lowest BCUT2D eigenvalue weighted by atomic mass is 10.1. The Morgan fingerprint density at radius 1 is 1.50 bits per heavy atom. The molecule has 0 aliphatic rings. The molecule has 0 saturated heterocycles. The molecule has 0 spiro atoms. The molecule has 4 nitrogen and oxygen atoms in total. The van der Waals surface area contributed by atoms with Gasteiger partial charge in [0.2, 0.25) is 0 Å². The lowest BCUT2D eigenvalue weighted by molar-refractivity contribution is -0.0504. The molecule has 0 N–H and O–H groups in total. The molecule has 0 fully saturated rings. The van der Waals surface area contributed by atoms with Crippen molar-refractivity contribution in [2.24, 2.45) is 0 Å². The van der Waals surface area contributed by atoms with Crippen LogP contribution >= 0.6 is 11.6 Å². The molecule has 1 aromatic rings. The predicted octanol–water partition coefficient (Wildman–Crippen LogP) is 2.93. The van der Waals surface area contributed by atoms with Crippen molar-refractivity contribution in [3.05, 3.63) is 28.3 Å². The summed E-state index contributed by atoms with van der Waals surface area (Å²) in [6.45, 7) is -1.50. The summed E-state index contributed by atoms with van der Waals surface area (Å²) in [7, 11) is 0. The molecule has 1 aromatic carbocycles. The van der Waals surface area contributed by atoms with Gasteiger partial charge in [-0.1, -0.05) is 11.6 Å². The van der Waals surface area contributed by atoms with Crippen LogP contribution < -0.4 is 4.74 Å². The van der Waals surface area contributed by atoms with E-state index in [1.54, 1.807) is 6.92 Å². The Labute approximate surface area is 106 Å². The Bertz CT molecular complexity index is 463. The molecule has 7 heteroatoms. The van der Waals surface area contributed by atoms with Crippen molar-refractivity contribution in [3.63, 3.8) is 0 Å². The smallest absolute Gasteiger partial charge is 0.387 e. The first kappa shape index (κ1) is 14.4. The topological polar surface area (TPSA) is 52.6 Å². The molecule has 0 aliphatic carbocycles. The normalized spacial score (nSPS) is 10.3. The van der Waals surface area contributed by atoms with Crippen molar-refractivity contribution in [1.82, 2.24) is 0 Å². The van der Waals surface area contributed by atoms with E-state index in [1.165, 1.54) is 0 Å². The fraction of sp³-hybridized carbons (Fsp3) is 0.273. The lowest BCUT2D eigenvalue weighted by Crippen LogP contribution is -2.11. The molecule has 0 aromatic heterocycles. The number of aldehydes is 1. The fourth-order valence-electron chi connectivity index (χ4n) is 1.22. The number of rotatable bonds is 5. The molecule has 18 heavy (non-hydrogen) atoms. The number of carbonyl (C=O) groups is 2. The Morgan fingerprint density at radius 3 is 2.67 bits per heavy atom. The highest BCUT2D eigenvalue weighted by Crippen LogP contribution is 2.28. The van der Waals surface area contributed by atoms with Crippen LogP contribution in [0.5, 0.6) is 5.75 Å². The van der Waals surface area contributed by atoms with Gasteiger partial charge in [-0.05, 0) is 13.0 Å². The monoisotopic (exact) mass is 278 g/mol. The van der Waals surface area contributed by atoms with Gasteiger partial charge < -0.3 is 9.47 Å². The van der Waals surface area contributed by atoms with Crippen LogP contribution in [-0.4, -0.2) is 25.5 Å². The maximum atomic E-state index is 12.2. The third-order valence-electron chi connectivity index (χ3n) is 1.94. The van der Waals surface area contributed by atoms with Gasteiger partial charge in [-0.2, -0.15) is 8.78 Å². The number of halogens is 3. The third kappa shape index (κ3) is 3.40. The summed E-state index contributed by atoms with van der Waals surface area (Å²) in [4.78, 5) is 22.2. The van der Waals surface area contributed by atoms with Crippen molar-refractivity contribution in [2.45, 2.75) is 13.5 Å². The minimum Gasteiger partial charge on any atom is -0.462 e. The van der Waals surface area contributed by atoms with Gasteiger partial charge in [0, 0.05) is 11.6 Å². The highest BCUT2D eigenvalue weighted by molar-refractivity contribution is 6.33. The molecule has 1 rings (SSSR count). The van der Waals surface area contributed by atoms with E-state index in [4.69, 9.17) is 11.6 Å². The summed E-state index contributed by atoms with van der Waals surface area (Å²) in [5, 5.41) is -0.0892. The third-order valence-corrected chi connectivity index (χ3v) is 2.26. The van der Waals surface area contributed by atoms with Gasteiger partial charge in [0.15, 0.2) is 6.29 Å². The summed E-state index contributed by atoms with van der Waals surface area (Å²) in [6, 6.07) is 2.02. The summed E-state index contributed by atoms with van der Waals surface area (Å²) in [5.41, 5.74) is -0.287. The number of esters is 1. The predicted molar refractivity (Wildman–Crippen MR) is 59.4 cm³/mol. The molecule has 98 valence electrons. The summed E-state index contributed by atoms with van der Waals surface area (Å²) in [6.07, 6.45) is 0.400. The van der Waals surface area contributed by atoms with E-state index in [1.807, 2.05) is 0 Å². The van der Waals surface area contributed by atoms with Gasteiger partial charge in [0.25, 0.3) is 0 Å². The van der Waals surface area contributed by atoms with Crippen LogP contribution in [0.15, 0.2) is 12.1 Å². The number of ether oxygens (including phenoxy) is 2. The highest BCUT2D eigenvalue weighted by Gasteiger charge is 2.19. The van der Waals surface area contributed by atoms with E-state index < -0.39 is 18.3 Å². The molecule has 0 amide bonds. The summed E-state index contributed by atoms with van der Waals surface area (Å²) >= 11 is 5.66. The number of hydrogen-bond donors (Lipinski definition) is 0. The standard InChI is InChI=1S/C11H9ClF2O4/c1-2-17-10(16)7-3-6(5-15)8(12)4-9(7)18-11(13)14/h3-5,11H,2H2,1H3. The second-order valence-corrected chi connectivity index (χ2v) is 3.49. The minimum absolute atomic E-state index is 0.0127. The van der Waals surface area contributed by atoms with Crippen molar-refractivity contribution < 1.29 is 27.8 Å². The van der Waals surface area contributed by atoms with E-state index in [-0.39, 0.29) is 22.8 Å². The van der Waals surface area contributed by atoms with Gasteiger partial charge in [-0.3, -0.25) is 4.79 Å². The largest absolute Gasteiger partial charge is 0.462 e. The van der Waals surface area contributed by atoms with Crippen LogP contribution in [0.25, 0.3) is 0 Å². The second-order valence-electron chi connectivity index (χ2n) is 3.09. The molecule has 0 unspecified atom stereocenters. The summed E-state index contributed by atoms with van der Waals surface area (Å²) < 4.78 is 33.2. The van der Waals surface area contributed by atoms with Gasteiger partial charge in [0.1, 0.15) is 11.3 Å². The van der Waals surface area contributed by atoms with Crippen LogP contribution in [0.1, 0.15) is 27.6 Å². The van der Waals surface area contributed by atoms with Crippen LogP contribution in [-0.2, 0) is 4.74 Å². The van der Waals surface area contributed by atoms with Crippen LogP contribution in [0.4, 0.5) is 8.78 Å². The molecule has 0 bridgehead atoms. The Balaban J connectivity index is 3.25. The molecule has 0 atom stereocenters. The molecular formula is C11H9ClF2O4.